The first-order valence-corrected chi connectivity index (χ1v) is 5.04. The lowest BCUT2D eigenvalue weighted by Gasteiger charge is -2.05. The highest BCUT2D eigenvalue weighted by Gasteiger charge is 2.05. The molecule has 0 aliphatic heterocycles. The van der Waals surface area contributed by atoms with Crippen molar-refractivity contribution in [3.8, 4) is 17.0 Å². The summed E-state index contributed by atoms with van der Waals surface area (Å²) in [4.78, 5) is 4.03. The van der Waals surface area contributed by atoms with Gasteiger partial charge >= 0.3 is 0 Å². The Morgan fingerprint density at radius 1 is 1.25 bits per heavy atom. The van der Waals surface area contributed by atoms with Crippen molar-refractivity contribution in [3.05, 3.63) is 47.4 Å². The number of nitrogens with zero attached hydrogens (tertiary/aromatic N) is 1. The van der Waals surface area contributed by atoms with E-state index in [-0.39, 0.29) is 5.82 Å². The fourth-order valence-corrected chi connectivity index (χ4v) is 1.64. The second-order valence-corrected chi connectivity index (χ2v) is 3.63. The van der Waals surface area contributed by atoms with E-state index in [0.29, 0.717) is 10.9 Å². The summed E-state index contributed by atoms with van der Waals surface area (Å²) in [5.41, 5.74) is 1.49. The average Bonchev–Trinajstić information content (AvgIpc) is 2.29. The van der Waals surface area contributed by atoms with Crippen LogP contribution in [0.25, 0.3) is 11.1 Å². The third-order valence-corrected chi connectivity index (χ3v) is 2.43. The fraction of sp³-hybridized carbons (Fsp3) is 0.0833. The maximum Gasteiger partial charge on any atom is 0.232 e. The van der Waals surface area contributed by atoms with Gasteiger partial charge in [0.25, 0.3) is 0 Å². The maximum absolute atomic E-state index is 13.0. The van der Waals surface area contributed by atoms with Gasteiger partial charge in [0, 0.05) is 11.8 Å². The first kappa shape index (κ1) is 10.9. The zero-order valence-electron chi connectivity index (χ0n) is 8.58. The Bertz CT molecular complexity index is 516. The highest BCUT2D eigenvalue weighted by molar-refractivity contribution is 6.32. The first-order valence-electron chi connectivity index (χ1n) is 4.66. The summed E-state index contributed by atoms with van der Waals surface area (Å²) in [6, 6.07) is 7.95. The van der Waals surface area contributed by atoms with Crippen molar-refractivity contribution in [1.29, 1.82) is 0 Å². The molecule has 0 aliphatic rings. The minimum atomic E-state index is -0.288. The van der Waals surface area contributed by atoms with Crippen LogP contribution in [0.3, 0.4) is 0 Å². The van der Waals surface area contributed by atoms with Gasteiger partial charge in [-0.25, -0.2) is 9.37 Å². The predicted molar refractivity (Wildman–Crippen MR) is 61.2 cm³/mol. The summed E-state index contributed by atoms with van der Waals surface area (Å²) in [5, 5.41) is 0.407. The normalized spacial score (nSPS) is 10.2. The zero-order chi connectivity index (χ0) is 11.5. The Morgan fingerprint density at radius 3 is 2.69 bits per heavy atom. The smallest absolute Gasteiger partial charge is 0.232 e. The summed E-state index contributed by atoms with van der Waals surface area (Å²) in [7, 11) is 1.50. The molecule has 1 heterocycles. The molecule has 0 atom stereocenters. The van der Waals surface area contributed by atoms with E-state index in [4.69, 9.17) is 16.3 Å². The van der Waals surface area contributed by atoms with Crippen molar-refractivity contribution in [3.63, 3.8) is 0 Å². The summed E-state index contributed by atoms with van der Waals surface area (Å²) in [6.07, 6.45) is 1.60. The van der Waals surface area contributed by atoms with Crippen LogP contribution < -0.4 is 4.74 Å². The minimum absolute atomic E-state index is 0.288. The molecule has 0 saturated carbocycles. The van der Waals surface area contributed by atoms with E-state index in [2.05, 4.69) is 4.98 Å². The van der Waals surface area contributed by atoms with Gasteiger partial charge in [0.1, 0.15) is 10.8 Å². The molecule has 4 heteroatoms. The fourth-order valence-electron chi connectivity index (χ4n) is 1.40. The summed E-state index contributed by atoms with van der Waals surface area (Å²) in [6.45, 7) is 0. The van der Waals surface area contributed by atoms with Crippen LogP contribution in [0.5, 0.6) is 5.88 Å². The van der Waals surface area contributed by atoms with Gasteiger partial charge in [0.15, 0.2) is 0 Å². The summed E-state index contributed by atoms with van der Waals surface area (Å²) >= 11 is 5.94. The lowest BCUT2D eigenvalue weighted by molar-refractivity contribution is 0.398. The van der Waals surface area contributed by atoms with Crippen molar-refractivity contribution in [2.45, 2.75) is 0 Å². The molecule has 2 aromatic rings. The number of aromatic nitrogens is 1. The molecule has 0 bridgehead atoms. The first-order chi connectivity index (χ1) is 7.70. The number of benzene rings is 1. The maximum atomic E-state index is 13.0. The largest absolute Gasteiger partial charge is 0.480 e. The van der Waals surface area contributed by atoms with Crippen LogP contribution in [-0.4, -0.2) is 12.1 Å². The standard InChI is InChI=1S/C12H9ClFNO/c1-16-12-11(13)6-9(7-15-12)8-3-2-4-10(14)5-8/h2-7H,1H3. The Morgan fingerprint density at radius 2 is 2.06 bits per heavy atom. The third kappa shape index (κ3) is 2.14. The minimum Gasteiger partial charge on any atom is -0.480 e. The van der Waals surface area contributed by atoms with Crippen LogP contribution in [0.1, 0.15) is 0 Å². The molecule has 82 valence electrons. The molecule has 0 radical (unpaired) electrons. The van der Waals surface area contributed by atoms with Gasteiger partial charge in [0.2, 0.25) is 5.88 Å². The van der Waals surface area contributed by atoms with Crippen LogP contribution >= 0.6 is 11.6 Å². The molecule has 0 aliphatic carbocycles. The van der Waals surface area contributed by atoms with Gasteiger partial charge in [-0.15, -0.1) is 0 Å². The zero-order valence-corrected chi connectivity index (χ0v) is 9.33. The topological polar surface area (TPSA) is 22.1 Å². The molecular weight excluding hydrogens is 229 g/mol. The van der Waals surface area contributed by atoms with E-state index in [0.717, 1.165) is 11.1 Å². The summed E-state index contributed by atoms with van der Waals surface area (Å²) < 4.78 is 18.0. The van der Waals surface area contributed by atoms with Gasteiger partial charge in [-0.1, -0.05) is 23.7 Å². The van der Waals surface area contributed by atoms with E-state index < -0.39 is 0 Å². The number of hydrogen-bond donors (Lipinski definition) is 0. The number of rotatable bonds is 2. The van der Waals surface area contributed by atoms with Gasteiger partial charge in [0.05, 0.1) is 7.11 Å². The number of hydrogen-bond acceptors (Lipinski definition) is 2. The van der Waals surface area contributed by atoms with Crippen molar-refractivity contribution >= 4 is 11.6 Å². The number of halogens is 2. The Hall–Kier alpha value is -1.61. The number of pyridine rings is 1. The van der Waals surface area contributed by atoms with E-state index >= 15 is 0 Å². The Balaban J connectivity index is 2.45. The lowest BCUT2D eigenvalue weighted by atomic mass is 10.1. The highest BCUT2D eigenvalue weighted by Crippen LogP contribution is 2.27. The van der Waals surface area contributed by atoms with E-state index in [1.165, 1.54) is 19.2 Å². The molecule has 0 amide bonds. The Kier molecular flexibility index (Phi) is 3.06. The van der Waals surface area contributed by atoms with E-state index in [1.807, 2.05) is 0 Å². The van der Waals surface area contributed by atoms with Crippen molar-refractivity contribution < 1.29 is 9.13 Å². The summed E-state index contributed by atoms with van der Waals surface area (Å²) in [5.74, 6) is 0.0752. The second-order valence-electron chi connectivity index (χ2n) is 3.23. The van der Waals surface area contributed by atoms with Gasteiger partial charge in [-0.3, -0.25) is 0 Å². The predicted octanol–water partition coefficient (Wildman–Crippen LogP) is 3.55. The van der Waals surface area contributed by atoms with Gasteiger partial charge in [-0.05, 0) is 23.8 Å². The van der Waals surface area contributed by atoms with Crippen LogP contribution in [0.4, 0.5) is 4.39 Å². The van der Waals surface area contributed by atoms with Crippen LogP contribution in [0.2, 0.25) is 5.02 Å². The molecule has 0 saturated heterocycles. The molecule has 2 rings (SSSR count). The molecule has 0 fully saturated rings. The van der Waals surface area contributed by atoms with Gasteiger partial charge < -0.3 is 4.74 Å². The molecular formula is C12H9ClFNO. The van der Waals surface area contributed by atoms with Crippen molar-refractivity contribution in [2.75, 3.05) is 7.11 Å². The molecule has 16 heavy (non-hydrogen) atoms. The van der Waals surface area contributed by atoms with E-state index in [9.17, 15) is 4.39 Å². The van der Waals surface area contributed by atoms with Crippen molar-refractivity contribution in [2.24, 2.45) is 0 Å². The number of methoxy groups -OCH3 is 1. The van der Waals surface area contributed by atoms with Gasteiger partial charge in [-0.2, -0.15) is 0 Å². The molecule has 0 unspecified atom stereocenters. The van der Waals surface area contributed by atoms with Crippen molar-refractivity contribution in [1.82, 2.24) is 4.98 Å². The average molecular weight is 238 g/mol. The van der Waals surface area contributed by atoms with E-state index in [1.54, 1.807) is 24.4 Å². The number of ether oxygens (including phenoxy) is 1. The van der Waals surface area contributed by atoms with Crippen LogP contribution in [0.15, 0.2) is 36.5 Å². The second kappa shape index (κ2) is 4.49. The molecule has 1 aromatic heterocycles. The van der Waals surface area contributed by atoms with Crippen LogP contribution in [0, 0.1) is 5.82 Å². The van der Waals surface area contributed by atoms with Crippen LogP contribution in [-0.2, 0) is 0 Å². The molecule has 0 spiro atoms. The molecule has 2 nitrogen and oxygen atoms in total. The quantitative estimate of drug-likeness (QED) is 0.797. The molecule has 0 N–H and O–H groups in total. The Labute approximate surface area is 97.7 Å². The third-order valence-electron chi connectivity index (χ3n) is 2.16. The SMILES string of the molecule is COc1ncc(-c2cccc(F)c2)cc1Cl. The lowest BCUT2D eigenvalue weighted by Crippen LogP contribution is -1.89. The highest BCUT2D eigenvalue weighted by atomic mass is 35.5. The molecule has 1 aromatic carbocycles. The monoisotopic (exact) mass is 237 g/mol.